The molecule has 1 saturated carbocycles. The molecule has 16 heavy (non-hydrogen) atoms. The highest BCUT2D eigenvalue weighted by Gasteiger charge is 2.16. The zero-order chi connectivity index (χ0) is 11.4. The topological polar surface area (TPSA) is 41.1 Å². The molecule has 2 amide bonds. The van der Waals surface area contributed by atoms with E-state index in [1.807, 2.05) is 31.2 Å². The molecule has 0 aromatic heterocycles. The zero-order valence-corrected chi connectivity index (χ0v) is 9.62. The minimum Gasteiger partial charge on any atom is -0.335 e. The van der Waals surface area contributed by atoms with Gasteiger partial charge < -0.3 is 10.6 Å². The van der Waals surface area contributed by atoms with E-state index in [9.17, 15) is 4.79 Å². The van der Waals surface area contributed by atoms with E-state index in [2.05, 4.69) is 10.6 Å². The summed E-state index contributed by atoms with van der Waals surface area (Å²) < 4.78 is 0. The first-order valence-corrected chi connectivity index (χ1v) is 5.88. The third-order valence-electron chi connectivity index (χ3n) is 3.00. The van der Waals surface area contributed by atoms with Crippen LogP contribution in [0.1, 0.15) is 31.2 Å². The van der Waals surface area contributed by atoms with Gasteiger partial charge in [0.1, 0.15) is 0 Å². The fourth-order valence-electron chi connectivity index (χ4n) is 2.06. The number of hydrogen-bond acceptors (Lipinski definition) is 1. The van der Waals surface area contributed by atoms with E-state index in [1.54, 1.807) is 0 Å². The van der Waals surface area contributed by atoms with Gasteiger partial charge in [-0.1, -0.05) is 30.5 Å². The molecule has 1 aromatic rings. The number of amides is 2. The Morgan fingerprint density at radius 1 is 1.19 bits per heavy atom. The Morgan fingerprint density at radius 2 is 1.81 bits per heavy atom. The maximum Gasteiger partial charge on any atom is 0.319 e. The van der Waals surface area contributed by atoms with Gasteiger partial charge in [-0.3, -0.25) is 0 Å². The van der Waals surface area contributed by atoms with Crippen LogP contribution in [0.25, 0.3) is 0 Å². The molecule has 0 unspecified atom stereocenters. The Kier molecular flexibility index (Phi) is 3.44. The monoisotopic (exact) mass is 218 g/mol. The third-order valence-corrected chi connectivity index (χ3v) is 3.00. The maximum atomic E-state index is 11.6. The van der Waals surface area contributed by atoms with Crippen molar-refractivity contribution in [3.05, 3.63) is 29.8 Å². The van der Waals surface area contributed by atoms with Gasteiger partial charge in [0.15, 0.2) is 0 Å². The van der Waals surface area contributed by atoms with Crippen molar-refractivity contribution in [3.63, 3.8) is 0 Å². The van der Waals surface area contributed by atoms with Gasteiger partial charge in [0, 0.05) is 11.7 Å². The summed E-state index contributed by atoms with van der Waals surface area (Å²) in [5, 5.41) is 5.84. The van der Waals surface area contributed by atoms with Crippen LogP contribution in [0.15, 0.2) is 24.3 Å². The maximum absolute atomic E-state index is 11.6. The second kappa shape index (κ2) is 5.01. The molecule has 0 saturated heterocycles. The molecule has 1 aromatic carbocycles. The Hall–Kier alpha value is -1.51. The van der Waals surface area contributed by atoms with Crippen LogP contribution in [0.2, 0.25) is 0 Å². The van der Waals surface area contributed by atoms with E-state index in [0.717, 1.165) is 18.5 Å². The SMILES string of the molecule is Cc1ccc(NC(=O)NC2CCCC2)cc1. The summed E-state index contributed by atoms with van der Waals surface area (Å²) in [6, 6.07) is 8.10. The van der Waals surface area contributed by atoms with Crippen LogP contribution in [0.5, 0.6) is 0 Å². The highest BCUT2D eigenvalue weighted by Crippen LogP contribution is 2.17. The zero-order valence-electron chi connectivity index (χ0n) is 9.62. The predicted molar refractivity (Wildman–Crippen MR) is 65.6 cm³/mol. The van der Waals surface area contributed by atoms with E-state index >= 15 is 0 Å². The summed E-state index contributed by atoms with van der Waals surface area (Å²) in [6.07, 6.45) is 4.69. The Bertz CT molecular complexity index is 353. The standard InChI is InChI=1S/C13H18N2O/c1-10-6-8-12(9-7-10)15-13(16)14-11-4-2-3-5-11/h6-9,11H,2-5H2,1H3,(H2,14,15,16). The Morgan fingerprint density at radius 3 is 2.44 bits per heavy atom. The van der Waals surface area contributed by atoms with Gasteiger partial charge in [-0.25, -0.2) is 4.79 Å². The summed E-state index contributed by atoms with van der Waals surface area (Å²) in [7, 11) is 0. The van der Waals surface area contributed by atoms with Crippen molar-refractivity contribution in [1.29, 1.82) is 0 Å². The minimum atomic E-state index is -0.0873. The first-order chi connectivity index (χ1) is 7.74. The van der Waals surface area contributed by atoms with Crippen molar-refractivity contribution >= 4 is 11.7 Å². The highest BCUT2D eigenvalue weighted by atomic mass is 16.2. The number of rotatable bonds is 2. The van der Waals surface area contributed by atoms with Crippen molar-refractivity contribution in [2.45, 2.75) is 38.6 Å². The summed E-state index contributed by atoms with van der Waals surface area (Å²) in [4.78, 5) is 11.6. The van der Waals surface area contributed by atoms with Crippen LogP contribution in [-0.4, -0.2) is 12.1 Å². The minimum absolute atomic E-state index is 0.0873. The van der Waals surface area contributed by atoms with Crippen molar-refractivity contribution in [2.75, 3.05) is 5.32 Å². The predicted octanol–water partition coefficient (Wildman–Crippen LogP) is 3.06. The number of aryl methyl sites for hydroxylation is 1. The normalized spacial score (nSPS) is 16.1. The fraction of sp³-hybridized carbons (Fsp3) is 0.462. The second-order valence-corrected chi connectivity index (χ2v) is 4.45. The van der Waals surface area contributed by atoms with E-state index in [1.165, 1.54) is 18.4 Å². The Labute approximate surface area is 96.2 Å². The number of urea groups is 1. The lowest BCUT2D eigenvalue weighted by atomic mass is 10.2. The molecular weight excluding hydrogens is 200 g/mol. The van der Waals surface area contributed by atoms with Crippen molar-refractivity contribution in [2.24, 2.45) is 0 Å². The lowest BCUT2D eigenvalue weighted by molar-refractivity contribution is 0.248. The molecule has 0 radical (unpaired) electrons. The smallest absolute Gasteiger partial charge is 0.319 e. The highest BCUT2D eigenvalue weighted by molar-refractivity contribution is 5.89. The van der Waals surface area contributed by atoms with E-state index < -0.39 is 0 Å². The van der Waals surface area contributed by atoms with Crippen molar-refractivity contribution in [3.8, 4) is 0 Å². The van der Waals surface area contributed by atoms with Crippen LogP contribution in [-0.2, 0) is 0 Å². The summed E-state index contributed by atoms with van der Waals surface area (Å²) in [6.45, 7) is 2.03. The first-order valence-electron chi connectivity index (χ1n) is 5.88. The number of benzene rings is 1. The molecule has 0 atom stereocenters. The first kappa shape index (κ1) is 11.0. The fourth-order valence-corrected chi connectivity index (χ4v) is 2.06. The van der Waals surface area contributed by atoms with Crippen LogP contribution in [0.4, 0.5) is 10.5 Å². The van der Waals surface area contributed by atoms with Crippen LogP contribution >= 0.6 is 0 Å². The molecular formula is C13H18N2O. The molecule has 3 nitrogen and oxygen atoms in total. The third kappa shape index (κ3) is 2.99. The molecule has 0 heterocycles. The van der Waals surface area contributed by atoms with Gasteiger partial charge >= 0.3 is 6.03 Å². The number of nitrogens with one attached hydrogen (secondary N) is 2. The van der Waals surface area contributed by atoms with Gasteiger partial charge in [-0.2, -0.15) is 0 Å². The number of anilines is 1. The van der Waals surface area contributed by atoms with Crippen molar-refractivity contribution < 1.29 is 4.79 Å². The van der Waals surface area contributed by atoms with Gasteiger partial charge in [0.05, 0.1) is 0 Å². The van der Waals surface area contributed by atoms with Gasteiger partial charge in [0.25, 0.3) is 0 Å². The van der Waals surface area contributed by atoms with E-state index in [0.29, 0.717) is 6.04 Å². The molecule has 2 N–H and O–H groups in total. The quantitative estimate of drug-likeness (QED) is 0.787. The summed E-state index contributed by atoms with van der Waals surface area (Å²) >= 11 is 0. The average molecular weight is 218 g/mol. The lowest BCUT2D eigenvalue weighted by Gasteiger charge is -2.12. The summed E-state index contributed by atoms with van der Waals surface area (Å²) in [5.74, 6) is 0. The van der Waals surface area contributed by atoms with Crippen LogP contribution in [0, 0.1) is 6.92 Å². The van der Waals surface area contributed by atoms with E-state index in [-0.39, 0.29) is 6.03 Å². The molecule has 3 heteroatoms. The molecule has 86 valence electrons. The molecule has 0 spiro atoms. The molecule has 1 aliphatic rings. The van der Waals surface area contributed by atoms with E-state index in [4.69, 9.17) is 0 Å². The number of carbonyl (C=O) groups is 1. The largest absolute Gasteiger partial charge is 0.335 e. The van der Waals surface area contributed by atoms with Gasteiger partial charge in [-0.15, -0.1) is 0 Å². The van der Waals surface area contributed by atoms with Gasteiger partial charge in [-0.05, 0) is 31.9 Å². The molecule has 2 rings (SSSR count). The van der Waals surface area contributed by atoms with Gasteiger partial charge in [0.2, 0.25) is 0 Å². The molecule has 0 aliphatic heterocycles. The number of hydrogen-bond donors (Lipinski definition) is 2. The molecule has 0 bridgehead atoms. The average Bonchev–Trinajstić information content (AvgIpc) is 2.74. The van der Waals surface area contributed by atoms with Crippen LogP contribution in [0.3, 0.4) is 0 Å². The lowest BCUT2D eigenvalue weighted by Crippen LogP contribution is -2.36. The summed E-state index contributed by atoms with van der Waals surface area (Å²) in [5.41, 5.74) is 2.04. The second-order valence-electron chi connectivity index (χ2n) is 4.45. The van der Waals surface area contributed by atoms with Crippen molar-refractivity contribution in [1.82, 2.24) is 5.32 Å². The Balaban J connectivity index is 1.84. The van der Waals surface area contributed by atoms with Crippen LogP contribution < -0.4 is 10.6 Å². The molecule has 1 fully saturated rings. The molecule has 1 aliphatic carbocycles. The number of carbonyl (C=O) groups excluding carboxylic acids is 1.